The number of nitriles is 4. The number of unbranched alkanes of at least 4 members (excludes halogenated alkanes) is 9. The number of allylic oxidation sites excluding steroid dienone is 6. The Kier molecular flexibility index (Phi) is 18.6. The molecule has 0 N–H and O–H groups in total. The van der Waals surface area contributed by atoms with Gasteiger partial charge < -0.3 is 0 Å². The molecule has 4 aliphatic carbocycles. The monoisotopic (exact) mass is 1430 g/mol. The van der Waals surface area contributed by atoms with Crippen molar-refractivity contribution >= 4 is 99.0 Å². The Hall–Kier alpha value is -10.2. The van der Waals surface area contributed by atoms with Crippen molar-refractivity contribution in [3.63, 3.8) is 0 Å². The van der Waals surface area contributed by atoms with Gasteiger partial charge in [0.25, 0.3) is 0 Å². The number of halogens is 4. The molecule has 0 amide bonds. The van der Waals surface area contributed by atoms with Crippen LogP contribution in [0, 0.1) is 75.5 Å². The van der Waals surface area contributed by atoms with Crippen LogP contribution >= 0.6 is 45.3 Å². The molecular formula is C89H68F4N4O2S4. The van der Waals surface area contributed by atoms with Crippen LogP contribution in [0.4, 0.5) is 17.6 Å². The summed E-state index contributed by atoms with van der Waals surface area (Å²) >= 11 is 6.35. The molecule has 4 aromatic heterocycles. The number of fused-ring (bicyclic) bond motifs is 12. The van der Waals surface area contributed by atoms with Gasteiger partial charge in [0.2, 0.25) is 0 Å². The minimum Gasteiger partial charge on any atom is -0.289 e. The molecule has 11 aromatic rings. The number of carbonyl (C=O) groups excluding carboxylic acids is 2. The van der Waals surface area contributed by atoms with E-state index in [1.807, 2.05) is 36.4 Å². The Morgan fingerprint density at radius 1 is 0.398 bits per heavy atom. The molecule has 6 nitrogen and oxygen atoms in total. The third-order valence-corrected chi connectivity index (χ3v) is 26.1. The summed E-state index contributed by atoms with van der Waals surface area (Å²) in [6.45, 7) is 8.75. The van der Waals surface area contributed by atoms with Gasteiger partial charge in [-0.1, -0.05) is 181 Å². The zero-order valence-electron chi connectivity index (χ0n) is 57.4. The summed E-state index contributed by atoms with van der Waals surface area (Å²) in [4.78, 5) is 32.5. The van der Waals surface area contributed by atoms with E-state index in [-0.39, 0.29) is 55.7 Å². The third kappa shape index (κ3) is 11.3. The maximum Gasteiger partial charge on any atom is 0.194 e. The molecule has 0 bridgehead atoms. The smallest absolute Gasteiger partial charge is 0.194 e. The molecule has 4 heterocycles. The highest BCUT2D eigenvalue weighted by atomic mass is 32.1. The number of ketones is 2. The van der Waals surface area contributed by atoms with Gasteiger partial charge in [-0.15, -0.1) is 45.3 Å². The molecule has 14 heteroatoms. The summed E-state index contributed by atoms with van der Waals surface area (Å²) < 4.78 is 64.1. The molecule has 1 atom stereocenters. The molecule has 15 rings (SSSR count). The number of hydrogen-bond donors (Lipinski definition) is 0. The van der Waals surface area contributed by atoms with Crippen LogP contribution in [-0.4, -0.2) is 11.6 Å². The Morgan fingerprint density at radius 3 is 1.04 bits per heavy atom. The van der Waals surface area contributed by atoms with E-state index in [1.54, 1.807) is 34.8 Å². The fraction of sp³-hybridized carbons (Fsp3) is 0.236. The Balaban J connectivity index is 1.01. The number of nitrogens with zero attached hydrogens (tertiary/aromatic N) is 4. The molecule has 4 aliphatic rings. The molecular weight excluding hydrogens is 1360 g/mol. The number of carbonyl (C=O) groups is 2. The summed E-state index contributed by atoms with van der Waals surface area (Å²) in [7, 11) is 0. The number of Topliss-reactive ketones (excluding diaryl/α,β-unsaturated/α-hetero) is 2. The lowest BCUT2D eigenvalue weighted by Crippen LogP contribution is -2.30. The van der Waals surface area contributed by atoms with Gasteiger partial charge in [-0.3, -0.25) is 9.59 Å². The number of rotatable bonds is 21. The van der Waals surface area contributed by atoms with E-state index in [0.29, 0.717) is 9.75 Å². The van der Waals surface area contributed by atoms with Crippen LogP contribution in [0.15, 0.2) is 168 Å². The van der Waals surface area contributed by atoms with Gasteiger partial charge in [0.1, 0.15) is 35.4 Å². The first-order valence-corrected chi connectivity index (χ1v) is 38.7. The van der Waals surface area contributed by atoms with Crippen molar-refractivity contribution in [3.8, 4) is 45.2 Å². The normalized spacial score (nSPS) is 15.9. The van der Waals surface area contributed by atoms with Gasteiger partial charge in [-0.25, -0.2) is 17.6 Å². The first-order valence-electron chi connectivity index (χ1n) is 35.4. The minimum atomic E-state index is -1.21. The van der Waals surface area contributed by atoms with Gasteiger partial charge >= 0.3 is 0 Å². The van der Waals surface area contributed by atoms with E-state index in [1.165, 1.54) is 39.4 Å². The van der Waals surface area contributed by atoms with Gasteiger partial charge in [-0.05, 0) is 178 Å². The van der Waals surface area contributed by atoms with Crippen molar-refractivity contribution in [2.45, 2.75) is 135 Å². The van der Waals surface area contributed by atoms with Crippen LogP contribution in [0.2, 0.25) is 0 Å². The summed E-state index contributed by atoms with van der Waals surface area (Å²) in [5, 5.41) is 41.4. The molecule has 0 saturated heterocycles. The highest BCUT2D eigenvalue weighted by Gasteiger charge is 2.55. The number of thiophene rings is 4. The first kappa shape index (κ1) is 68.6. The largest absolute Gasteiger partial charge is 0.289 e. The van der Waals surface area contributed by atoms with Crippen molar-refractivity contribution in [2.75, 3.05) is 0 Å². The summed E-state index contributed by atoms with van der Waals surface area (Å²) in [5.74, 6) is -6.05. The average Bonchev–Trinajstić information content (AvgIpc) is 1.49. The lowest BCUT2D eigenvalue weighted by atomic mass is 9.65. The maximum absolute atomic E-state index is 15.1. The second kappa shape index (κ2) is 27.9. The molecule has 0 aliphatic heterocycles. The average molecular weight is 1430 g/mol. The van der Waals surface area contributed by atoms with E-state index >= 15 is 17.6 Å². The fourth-order valence-electron chi connectivity index (χ4n) is 16.3. The van der Waals surface area contributed by atoms with Crippen molar-refractivity contribution in [1.29, 1.82) is 21.0 Å². The van der Waals surface area contributed by atoms with Gasteiger partial charge in [0.05, 0.1) is 20.2 Å². The number of hydrogen-bond acceptors (Lipinski definition) is 10. The molecule has 0 radical (unpaired) electrons. The lowest BCUT2D eigenvalue weighted by molar-refractivity contribution is 0.103. The van der Waals surface area contributed by atoms with E-state index in [0.717, 1.165) is 210 Å². The zero-order valence-corrected chi connectivity index (χ0v) is 60.6. The lowest BCUT2D eigenvalue weighted by Gasteiger charge is -2.36. The number of aryl methyl sites for hydroxylation is 4. The van der Waals surface area contributed by atoms with Crippen LogP contribution in [0.1, 0.15) is 206 Å². The van der Waals surface area contributed by atoms with Crippen LogP contribution in [0.25, 0.3) is 63.0 Å². The highest BCUT2D eigenvalue weighted by Crippen LogP contribution is 2.68. The van der Waals surface area contributed by atoms with Crippen molar-refractivity contribution in [2.24, 2.45) is 0 Å². The van der Waals surface area contributed by atoms with E-state index in [4.69, 9.17) is 0 Å². The minimum absolute atomic E-state index is 0.00295. The van der Waals surface area contributed by atoms with E-state index in [2.05, 4.69) is 137 Å². The highest BCUT2D eigenvalue weighted by molar-refractivity contribution is 7.31. The topological polar surface area (TPSA) is 129 Å². The number of benzene rings is 7. The summed E-state index contributed by atoms with van der Waals surface area (Å²) in [6, 6.07) is 56.6. The van der Waals surface area contributed by atoms with E-state index in [9.17, 15) is 30.6 Å². The van der Waals surface area contributed by atoms with Crippen molar-refractivity contribution in [1.82, 2.24) is 0 Å². The summed E-state index contributed by atoms with van der Waals surface area (Å²) in [5.41, 5.74) is 12.4. The predicted octanol–water partition coefficient (Wildman–Crippen LogP) is 24.4. The molecule has 103 heavy (non-hydrogen) atoms. The van der Waals surface area contributed by atoms with Gasteiger partial charge in [0, 0.05) is 73.5 Å². The Morgan fingerprint density at radius 2 is 0.718 bits per heavy atom. The third-order valence-electron chi connectivity index (χ3n) is 21.3. The van der Waals surface area contributed by atoms with Gasteiger partial charge in [0.15, 0.2) is 34.8 Å². The second-order valence-electron chi connectivity index (χ2n) is 27.5. The van der Waals surface area contributed by atoms with E-state index < -0.39 is 45.7 Å². The van der Waals surface area contributed by atoms with Crippen LogP contribution < -0.4 is 0 Å². The van der Waals surface area contributed by atoms with Crippen molar-refractivity contribution < 1.29 is 27.2 Å². The SMILES string of the molecule is CCCCCCc1ccc(C2(c3ccc(C)cc3)c3cc4c(cc3-c3sc5cc(/C=C6\C(=O)c7cc(F)c(F)cc7C6=C(C#N)C#N)sc5c32)C(c2ccc(CCCCCC)cc2)(c2ccc(CCCCCC)cc2)c2c-4sc3cc(/C=C4\C(=O)c5cc(F)c(F)cc5C4=C(C#N)C#N)sc23)cc1. The molecule has 7 aromatic carbocycles. The summed E-state index contributed by atoms with van der Waals surface area (Å²) in [6.07, 6.45) is 19.6. The molecule has 0 saturated carbocycles. The van der Waals surface area contributed by atoms with Gasteiger partial charge in [-0.2, -0.15) is 21.0 Å². The van der Waals surface area contributed by atoms with Crippen molar-refractivity contribution in [3.05, 3.63) is 290 Å². The Labute approximate surface area is 612 Å². The quantitative estimate of drug-likeness (QED) is 0.0305. The van der Waals surface area contributed by atoms with Crippen LogP contribution in [-0.2, 0) is 30.1 Å². The first-order chi connectivity index (χ1) is 50.1. The molecule has 1 unspecified atom stereocenters. The maximum atomic E-state index is 15.1. The fourth-order valence-corrected chi connectivity index (χ4v) is 21.8. The molecule has 0 fully saturated rings. The predicted molar refractivity (Wildman–Crippen MR) is 409 cm³/mol. The standard InChI is InChI=1S/C89H68F4N4O2S4/c1-5-8-11-14-17-51-22-30-57(31-23-51)88(56-28-20-50(4)21-29-56)70-40-67-71(41-66(70)84-80(88)86-76(102-84)38-60(100-86)36-68-78(54(46-94)47-95)62-42-72(90)74(92)44-64(62)82(68)98)89(58-32-24-52(25-33-58)18-15-12-9-6-2,59-34-26-53(27-35-59)19-16-13-10-7-3)81-85(67)103-77-39-61(101-87(77)81)37-69-79(55(48-96)49-97)63-43-73(91)75(93)45-65(63)83(69)99/h20-45H,5-19H2,1-4H3/b68-36-,69-37-. The zero-order chi connectivity index (χ0) is 71.6. The Bertz CT molecular complexity index is 5580. The molecule has 508 valence electrons. The van der Waals surface area contributed by atoms with Crippen LogP contribution in [0.3, 0.4) is 0 Å². The second-order valence-corrected chi connectivity index (χ2v) is 31.7. The van der Waals surface area contributed by atoms with Crippen LogP contribution in [0.5, 0.6) is 0 Å². The molecule has 0 spiro atoms.